The van der Waals surface area contributed by atoms with Crippen LogP contribution >= 0.6 is 22.9 Å². The first kappa shape index (κ1) is 14.6. The molecule has 3 aromatic heterocycles. The lowest BCUT2D eigenvalue weighted by molar-refractivity contribution is 0.609. The zero-order valence-electron chi connectivity index (χ0n) is 12.5. The SMILES string of the molecule is CCn1nc(C)c2nc(C(C)Cl)n(CCc3cccs3)c21. The Morgan fingerprint density at radius 3 is 2.86 bits per heavy atom. The van der Waals surface area contributed by atoms with Crippen LogP contribution in [-0.2, 0) is 19.5 Å². The van der Waals surface area contributed by atoms with Gasteiger partial charge in [-0.3, -0.25) is 0 Å². The molecule has 0 aliphatic rings. The molecule has 112 valence electrons. The van der Waals surface area contributed by atoms with E-state index in [1.54, 1.807) is 11.3 Å². The first-order valence-corrected chi connectivity index (χ1v) is 8.53. The molecule has 0 aliphatic heterocycles. The summed E-state index contributed by atoms with van der Waals surface area (Å²) in [5.41, 5.74) is 3.04. The highest BCUT2D eigenvalue weighted by Crippen LogP contribution is 2.27. The van der Waals surface area contributed by atoms with Crippen molar-refractivity contribution in [1.82, 2.24) is 19.3 Å². The fraction of sp³-hybridized carbons (Fsp3) is 0.467. The molecule has 0 fully saturated rings. The predicted octanol–water partition coefficient (Wildman–Crippen LogP) is 4.17. The van der Waals surface area contributed by atoms with E-state index in [9.17, 15) is 0 Å². The Balaban J connectivity index is 2.06. The van der Waals surface area contributed by atoms with E-state index in [1.807, 2.05) is 18.5 Å². The minimum absolute atomic E-state index is 0.106. The van der Waals surface area contributed by atoms with Crippen molar-refractivity contribution in [3.8, 4) is 0 Å². The number of hydrogen-bond acceptors (Lipinski definition) is 3. The van der Waals surface area contributed by atoms with Crippen LogP contribution in [0.1, 0.15) is 35.6 Å². The van der Waals surface area contributed by atoms with Gasteiger partial charge in [0.05, 0.1) is 11.1 Å². The number of imidazole rings is 1. The van der Waals surface area contributed by atoms with Crippen LogP contribution in [0.3, 0.4) is 0 Å². The first-order chi connectivity index (χ1) is 10.1. The second-order valence-electron chi connectivity index (χ2n) is 5.14. The average molecular weight is 323 g/mol. The minimum Gasteiger partial charge on any atom is -0.311 e. The van der Waals surface area contributed by atoms with Gasteiger partial charge < -0.3 is 4.57 Å². The van der Waals surface area contributed by atoms with Gasteiger partial charge in [0, 0.05) is 18.0 Å². The van der Waals surface area contributed by atoms with E-state index in [0.717, 1.165) is 42.2 Å². The maximum absolute atomic E-state index is 6.33. The molecule has 0 aliphatic carbocycles. The molecule has 6 heteroatoms. The van der Waals surface area contributed by atoms with Gasteiger partial charge in [0.15, 0.2) is 5.65 Å². The molecule has 0 bridgehead atoms. The molecule has 3 rings (SSSR count). The number of hydrogen-bond donors (Lipinski definition) is 0. The van der Waals surface area contributed by atoms with Crippen molar-refractivity contribution >= 4 is 34.1 Å². The molecule has 0 saturated carbocycles. The third kappa shape index (κ3) is 2.60. The fourth-order valence-corrected chi connectivity index (χ4v) is 3.53. The van der Waals surface area contributed by atoms with Crippen molar-refractivity contribution < 1.29 is 0 Å². The number of nitrogens with zero attached hydrogens (tertiary/aromatic N) is 4. The summed E-state index contributed by atoms with van der Waals surface area (Å²) >= 11 is 8.13. The fourth-order valence-electron chi connectivity index (χ4n) is 2.66. The maximum atomic E-state index is 6.33. The largest absolute Gasteiger partial charge is 0.311 e. The molecule has 1 atom stereocenters. The van der Waals surface area contributed by atoms with Gasteiger partial charge in [0.2, 0.25) is 0 Å². The lowest BCUT2D eigenvalue weighted by Gasteiger charge is -2.11. The second-order valence-corrected chi connectivity index (χ2v) is 6.83. The molecule has 0 N–H and O–H groups in total. The van der Waals surface area contributed by atoms with Crippen LogP contribution in [-0.4, -0.2) is 19.3 Å². The zero-order chi connectivity index (χ0) is 15.0. The summed E-state index contributed by atoms with van der Waals surface area (Å²) in [7, 11) is 0. The van der Waals surface area contributed by atoms with Gasteiger partial charge in [-0.15, -0.1) is 22.9 Å². The van der Waals surface area contributed by atoms with Gasteiger partial charge in [0.25, 0.3) is 0 Å². The third-order valence-electron chi connectivity index (χ3n) is 3.65. The standard InChI is InChI=1S/C15H19ClN4S/c1-4-20-15-13(11(3)18-20)17-14(10(2)16)19(15)8-7-12-6-5-9-21-12/h5-6,9-10H,4,7-8H2,1-3H3. The van der Waals surface area contributed by atoms with Crippen LogP contribution in [0.5, 0.6) is 0 Å². The zero-order valence-corrected chi connectivity index (χ0v) is 14.1. The highest BCUT2D eigenvalue weighted by atomic mass is 35.5. The molecule has 0 aromatic carbocycles. The summed E-state index contributed by atoms with van der Waals surface area (Å²) in [6, 6.07) is 4.26. The number of aryl methyl sites for hydroxylation is 4. The number of thiophene rings is 1. The van der Waals surface area contributed by atoms with E-state index in [1.165, 1.54) is 4.88 Å². The van der Waals surface area contributed by atoms with E-state index >= 15 is 0 Å². The summed E-state index contributed by atoms with van der Waals surface area (Å²) in [4.78, 5) is 6.11. The third-order valence-corrected chi connectivity index (χ3v) is 4.78. The average Bonchev–Trinajstić information content (AvgIpc) is 3.13. The Labute approximate surface area is 133 Å². The lowest BCUT2D eigenvalue weighted by atomic mass is 10.3. The summed E-state index contributed by atoms with van der Waals surface area (Å²) in [6.07, 6.45) is 0.994. The summed E-state index contributed by atoms with van der Waals surface area (Å²) < 4.78 is 4.26. The second kappa shape index (κ2) is 5.81. The Morgan fingerprint density at radius 2 is 2.24 bits per heavy atom. The van der Waals surface area contributed by atoms with Crippen LogP contribution in [0.4, 0.5) is 0 Å². The van der Waals surface area contributed by atoms with Gasteiger partial charge >= 0.3 is 0 Å². The summed E-state index contributed by atoms with van der Waals surface area (Å²) in [5.74, 6) is 0.936. The van der Waals surface area contributed by atoms with Crippen LogP contribution in [0.15, 0.2) is 17.5 Å². The molecular formula is C15H19ClN4S. The normalized spacial score (nSPS) is 13.1. The number of alkyl halides is 1. The smallest absolute Gasteiger partial charge is 0.158 e. The molecule has 1 unspecified atom stereocenters. The lowest BCUT2D eigenvalue weighted by Crippen LogP contribution is -2.10. The molecular weight excluding hydrogens is 304 g/mol. The summed E-state index contributed by atoms with van der Waals surface area (Å²) in [6.45, 7) is 7.81. The maximum Gasteiger partial charge on any atom is 0.158 e. The van der Waals surface area contributed by atoms with Gasteiger partial charge in [-0.1, -0.05) is 6.07 Å². The molecule has 0 amide bonds. The van der Waals surface area contributed by atoms with Crippen molar-refractivity contribution in [3.05, 3.63) is 33.9 Å². The van der Waals surface area contributed by atoms with Gasteiger partial charge in [-0.25, -0.2) is 9.67 Å². The van der Waals surface area contributed by atoms with E-state index in [2.05, 4.69) is 34.1 Å². The highest BCUT2D eigenvalue weighted by Gasteiger charge is 2.20. The molecule has 3 heterocycles. The number of rotatable bonds is 5. The molecule has 21 heavy (non-hydrogen) atoms. The molecule has 0 spiro atoms. The molecule has 4 nitrogen and oxygen atoms in total. The topological polar surface area (TPSA) is 35.6 Å². The van der Waals surface area contributed by atoms with Gasteiger partial charge in [-0.2, -0.15) is 5.10 Å². The van der Waals surface area contributed by atoms with Crippen molar-refractivity contribution in [2.24, 2.45) is 0 Å². The molecule has 0 saturated heterocycles. The van der Waals surface area contributed by atoms with Crippen molar-refractivity contribution in [2.75, 3.05) is 0 Å². The Morgan fingerprint density at radius 1 is 1.43 bits per heavy atom. The summed E-state index contributed by atoms with van der Waals surface area (Å²) in [5, 5.41) is 6.58. The van der Waals surface area contributed by atoms with E-state index in [4.69, 9.17) is 16.6 Å². The Hall–Kier alpha value is -1.33. The first-order valence-electron chi connectivity index (χ1n) is 7.21. The monoisotopic (exact) mass is 322 g/mol. The Bertz CT molecular complexity index is 739. The highest BCUT2D eigenvalue weighted by molar-refractivity contribution is 7.09. The number of fused-ring (bicyclic) bond motifs is 1. The van der Waals surface area contributed by atoms with Crippen molar-refractivity contribution in [1.29, 1.82) is 0 Å². The van der Waals surface area contributed by atoms with Crippen LogP contribution in [0.25, 0.3) is 11.2 Å². The van der Waals surface area contributed by atoms with E-state index in [0.29, 0.717) is 0 Å². The van der Waals surface area contributed by atoms with Gasteiger partial charge in [-0.05, 0) is 38.6 Å². The van der Waals surface area contributed by atoms with Crippen LogP contribution in [0.2, 0.25) is 0 Å². The Kier molecular flexibility index (Phi) is 4.04. The quantitative estimate of drug-likeness (QED) is 0.661. The van der Waals surface area contributed by atoms with Crippen LogP contribution in [0, 0.1) is 6.92 Å². The number of halogens is 1. The van der Waals surface area contributed by atoms with E-state index in [-0.39, 0.29) is 5.38 Å². The van der Waals surface area contributed by atoms with Crippen LogP contribution < -0.4 is 0 Å². The number of aromatic nitrogens is 4. The predicted molar refractivity (Wildman–Crippen MR) is 88.2 cm³/mol. The van der Waals surface area contributed by atoms with Gasteiger partial charge in [0.1, 0.15) is 11.3 Å². The van der Waals surface area contributed by atoms with Crippen molar-refractivity contribution in [3.63, 3.8) is 0 Å². The van der Waals surface area contributed by atoms with E-state index < -0.39 is 0 Å². The minimum atomic E-state index is -0.106. The van der Waals surface area contributed by atoms with Crippen molar-refractivity contribution in [2.45, 2.75) is 45.7 Å². The molecule has 3 aromatic rings. The molecule has 0 radical (unpaired) electrons.